The molecule has 0 bridgehead atoms. The summed E-state index contributed by atoms with van der Waals surface area (Å²) in [5.41, 5.74) is 2.24. The monoisotopic (exact) mass is 394 g/mol. The summed E-state index contributed by atoms with van der Waals surface area (Å²) in [6, 6.07) is 6.81. The molecule has 0 N–H and O–H groups in total. The van der Waals surface area contributed by atoms with Gasteiger partial charge in [0.2, 0.25) is 0 Å². The minimum absolute atomic E-state index is 0.425. The molecule has 0 saturated carbocycles. The van der Waals surface area contributed by atoms with E-state index in [0.717, 1.165) is 22.8 Å². The maximum atomic E-state index is 6.03. The molecule has 0 fully saturated rings. The minimum Gasteiger partial charge on any atom is -0.323 e. The maximum absolute atomic E-state index is 6.03. The highest BCUT2D eigenvalue weighted by atomic mass is 127. The van der Waals surface area contributed by atoms with Gasteiger partial charge in [-0.05, 0) is 53.5 Å². The summed E-state index contributed by atoms with van der Waals surface area (Å²) in [7, 11) is 0. The number of benzene rings is 1. The maximum Gasteiger partial charge on any atom is 0.125 e. The first-order valence-electron chi connectivity index (χ1n) is 5.97. The van der Waals surface area contributed by atoms with Crippen LogP contribution < -0.4 is 0 Å². The van der Waals surface area contributed by atoms with E-state index in [0.29, 0.717) is 11.9 Å². The Hall–Kier alpha value is 0.0600. The quantitative estimate of drug-likeness (QED) is 0.541. The molecule has 1 aromatic heterocycles. The third-order valence-corrected chi connectivity index (χ3v) is 4.88. The number of hydrogen-bond donors (Lipinski definition) is 0. The van der Waals surface area contributed by atoms with Crippen LogP contribution in [0, 0.1) is 3.57 Å². The SMILES string of the molecule is CCSCC(C)n1c(CCl)nc2cc(I)ccc21. The zero-order valence-electron chi connectivity index (χ0n) is 10.5. The number of aromatic nitrogens is 2. The third-order valence-electron chi connectivity index (χ3n) is 2.85. The van der Waals surface area contributed by atoms with Crippen LogP contribution >= 0.6 is 46.0 Å². The van der Waals surface area contributed by atoms with E-state index < -0.39 is 0 Å². The van der Waals surface area contributed by atoms with Gasteiger partial charge in [-0.3, -0.25) is 0 Å². The predicted molar refractivity (Wildman–Crippen MR) is 89.7 cm³/mol. The molecule has 0 aliphatic rings. The van der Waals surface area contributed by atoms with Crippen molar-refractivity contribution in [2.45, 2.75) is 25.8 Å². The van der Waals surface area contributed by atoms with E-state index in [1.807, 2.05) is 11.8 Å². The second kappa shape index (κ2) is 6.48. The Bertz CT molecular complexity index is 541. The van der Waals surface area contributed by atoms with E-state index in [1.165, 1.54) is 9.09 Å². The molecule has 1 heterocycles. The number of fused-ring (bicyclic) bond motifs is 1. The van der Waals surface area contributed by atoms with Gasteiger partial charge in [0.1, 0.15) is 5.82 Å². The summed E-state index contributed by atoms with van der Waals surface area (Å²) in [6.07, 6.45) is 0. The smallest absolute Gasteiger partial charge is 0.125 e. The average Bonchev–Trinajstić information content (AvgIpc) is 2.73. The number of hydrogen-bond acceptors (Lipinski definition) is 2. The highest BCUT2D eigenvalue weighted by molar-refractivity contribution is 14.1. The molecule has 2 aromatic rings. The molecule has 0 saturated heterocycles. The summed E-state index contributed by atoms with van der Waals surface area (Å²) in [4.78, 5) is 4.64. The van der Waals surface area contributed by atoms with Crippen molar-refractivity contribution in [3.05, 3.63) is 27.6 Å². The van der Waals surface area contributed by atoms with E-state index in [9.17, 15) is 0 Å². The Morgan fingerprint density at radius 3 is 2.94 bits per heavy atom. The van der Waals surface area contributed by atoms with Gasteiger partial charge < -0.3 is 4.57 Å². The van der Waals surface area contributed by atoms with Gasteiger partial charge >= 0.3 is 0 Å². The predicted octanol–water partition coefficient (Wildman–Crippen LogP) is 4.69. The molecule has 1 atom stereocenters. The number of thioether (sulfide) groups is 1. The van der Waals surface area contributed by atoms with Crippen molar-refractivity contribution in [3.8, 4) is 0 Å². The van der Waals surface area contributed by atoms with Crippen molar-refractivity contribution < 1.29 is 0 Å². The van der Waals surface area contributed by atoms with Gasteiger partial charge in [-0.2, -0.15) is 11.8 Å². The third kappa shape index (κ3) is 2.96. The molecule has 1 unspecified atom stereocenters. The molecule has 98 valence electrons. The van der Waals surface area contributed by atoms with E-state index in [1.54, 1.807) is 0 Å². The van der Waals surface area contributed by atoms with Gasteiger partial charge in [-0.25, -0.2) is 4.98 Å². The van der Waals surface area contributed by atoms with Crippen LogP contribution in [0.3, 0.4) is 0 Å². The van der Waals surface area contributed by atoms with Crippen LogP contribution in [0.1, 0.15) is 25.7 Å². The molecule has 0 aliphatic carbocycles. The first kappa shape index (κ1) is 14.5. The van der Waals surface area contributed by atoms with Crippen molar-refractivity contribution in [1.82, 2.24) is 9.55 Å². The van der Waals surface area contributed by atoms with Gasteiger partial charge in [0.15, 0.2) is 0 Å². The molecule has 18 heavy (non-hydrogen) atoms. The van der Waals surface area contributed by atoms with Crippen molar-refractivity contribution in [2.75, 3.05) is 11.5 Å². The van der Waals surface area contributed by atoms with E-state index in [-0.39, 0.29) is 0 Å². The van der Waals surface area contributed by atoms with E-state index in [4.69, 9.17) is 11.6 Å². The standard InChI is InChI=1S/C13H16ClIN2S/c1-3-18-8-9(2)17-12-5-4-10(15)6-11(12)16-13(17)7-14/h4-6,9H,3,7-8H2,1-2H3. The lowest BCUT2D eigenvalue weighted by atomic mass is 10.3. The van der Waals surface area contributed by atoms with Gasteiger partial charge in [-0.1, -0.05) is 6.92 Å². The Morgan fingerprint density at radius 2 is 2.28 bits per heavy atom. The highest BCUT2D eigenvalue weighted by Crippen LogP contribution is 2.25. The fraction of sp³-hybridized carbons (Fsp3) is 0.462. The zero-order chi connectivity index (χ0) is 13.1. The normalized spacial score (nSPS) is 13.1. The van der Waals surface area contributed by atoms with Gasteiger partial charge in [-0.15, -0.1) is 11.6 Å². The summed E-state index contributed by atoms with van der Waals surface area (Å²) < 4.78 is 3.49. The molecule has 1 aromatic carbocycles. The molecule has 2 nitrogen and oxygen atoms in total. The summed E-state index contributed by atoms with van der Waals surface area (Å²) >= 11 is 10.3. The molecule has 0 spiro atoms. The Balaban J connectivity index is 2.46. The summed E-state index contributed by atoms with van der Waals surface area (Å²) in [5.74, 6) is 3.67. The Labute approximate surface area is 131 Å². The van der Waals surface area contributed by atoms with E-state index >= 15 is 0 Å². The number of rotatable bonds is 5. The topological polar surface area (TPSA) is 17.8 Å². The summed E-state index contributed by atoms with van der Waals surface area (Å²) in [5, 5.41) is 0. The van der Waals surface area contributed by atoms with Crippen LogP contribution in [-0.4, -0.2) is 21.1 Å². The van der Waals surface area contributed by atoms with Crippen LogP contribution in [0.25, 0.3) is 11.0 Å². The second-order valence-corrected chi connectivity index (χ2v) is 7.01. The zero-order valence-corrected chi connectivity index (χ0v) is 14.2. The molecule has 0 radical (unpaired) electrons. The van der Waals surface area contributed by atoms with Crippen LogP contribution in [0.15, 0.2) is 18.2 Å². The number of halogens is 2. The van der Waals surface area contributed by atoms with Crippen LogP contribution in [-0.2, 0) is 5.88 Å². The minimum atomic E-state index is 0.425. The van der Waals surface area contributed by atoms with Crippen molar-refractivity contribution in [1.29, 1.82) is 0 Å². The van der Waals surface area contributed by atoms with Crippen molar-refractivity contribution in [3.63, 3.8) is 0 Å². The second-order valence-electron chi connectivity index (χ2n) is 4.17. The highest BCUT2D eigenvalue weighted by Gasteiger charge is 2.15. The Morgan fingerprint density at radius 1 is 1.50 bits per heavy atom. The lowest BCUT2D eigenvalue weighted by Crippen LogP contribution is -2.11. The van der Waals surface area contributed by atoms with Crippen molar-refractivity contribution >= 4 is 57.0 Å². The number of alkyl halides is 1. The number of imidazole rings is 1. The van der Waals surface area contributed by atoms with Crippen LogP contribution in [0.5, 0.6) is 0 Å². The lowest BCUT2D eigenvalue weighted by molar-refractivity contribution is 0.606. The van der Waals surface area contributed by atoms with Crippen LogP contribution in [0.2, 0.25) is 0 Å². The average molecular weight is 395 g/mol. The summed E-state index contributed by atoms with van der Waals surface area (Å²) in [6.45, 7) is 4.42. The fourth-order valence-electron chi connectivity index (χ4n) is 2.07. The fourth-order valence-corrected chi connectivity index (χ4v) is 3.46. The van der Waals surface area contributed by atoms with Gasteiger partial charge in [0.05, 0.1) is 16.9 Å². The largest absolute Gasteiger partial charge is 0.323 e. The van der Waals surface area contributed by atoms with Gasteiger partial charge in [0, 0.05) is 15.4 Å². The first-order valence-corrected chi connectivity index (χ1v) is 8.74. The molecular formula is C13H16ClIN2S. The molecule has 0 amide bonds. The van der Waals surface area contributed by atoms with Gasteiger partial charge in [0.25, 0.3) is 0 Å². The molecule has 0 aliphatic heterocycles. The molecule has 5 heteroatoms. The molecular weight excluding hydrogens is 379 g/mol. The molecule has 2 rings (SSSR count). The lowest BCUT2D eigenvalue weighted by Gasteiger charge is -2.16. The first-order chi connectivity index (χ1) is 8.67. The van der Waals surface area contributed by atoms with Crippen molar-refractivity contribution in [2.24, 2.45) is 0 Å². The number of nitrogens with zero attached hydrogens (tertiary/aromatic N) is 2. The van der Waals surface area contributed by atoms with Crippen LogP contribution in [0.4, 0.5) is 0 Å². The Kier molecular flexibility index (Phi) is 5.21. The van der Waals surface area contributed by atoms with E-state index in [2.05, 4.69) is 64.2 Å².